The number of aryl methyl sites for hydroxylation is 2. The summed E-state index contributed by atoms with van der Waals surface area (Å²) in [6.07, 6.45) is 6.20. The number of hydrogen-bond acceptors (Lipinski definition) is 7. The number of aromatic hydroxyl groups is 1. The molecule has 0 aromatic heterocycles. The van der Waals surface area contributed by atoms with Gasteiger partial charge in [0, 0.05) is 51.7 Å². The number of sulfonamides is 1. The zero-order chi connectivity index (χ0) is 28.3. The lowest BCUT2D eigenvalue weighted by molar-refractivity contribution is -0.130. The summed E-state index contributed by atoms with van der Waals surface area (Å²) in [5.41, 5.74) is 1.01. The molecular formula is C29H49N5O4S. The molecule has 1 atom stereocenters. The average Bonchev–Trinajstić information content (AvgIpc) is 3.37. The predicted molar refractivity (Wildman–Crippen MR) is 154 cm³/mol. The van der Waals surface area contributed by atoms with Crippen molar-refractivity contribution >= 4 is 15.9 Å². The molecule has 9 nitrogen and oxygen atoms in total. The topological polar surface area (TPSA) is 87.6 Å². The van der Waals surface area contributed by atoms with Crippen LogP contribution in [0, 0.1) is 19.8 Å². The smallest absolute Gasteiger partial charge is 0.243 e. The molecule has 0 spiro atoms. The molecule has 1 aromatic carbocycles. The number of carbonyl (C=O) groups excluding carboxylic acids is 1. The third kappa shape index (κ3) is 7.33. The van der Waals surface area contributed by atoms with E-state index >= 15 is 0 Å². The van der Waals surface area contributed by atoms with E-state index in [0.717, 1.165) is 38.5 Å². The number of rotatable bonds is 9. The van der Waals surface area contributed by atoms with Crippen molar-refractivity contribution < 1.29 is 18.3 Å². The van der Waals surface area contributed by atoms with Gasteiger partial charge in [-0.05, 0) is 115 Å². The fraction of sp³-hybridized carbons (Fsp3) is 0.759. The Labute approximate surface area is 235 Å². The van der Waals surface area contributed by atoms with E-state index < -0.39 is 10.0 Å². The quantitative estimate of drug-likeness (QED) is 0.494. The minimum Gasteiger partial charge on any atom is -0.508 e. The van der Waals surface area contributed by atoms with Crippen LogP contribution in [0.5, 0.6) is 5.75 Å². The highest BCUT2D eigenvalue weighted by atomic mass is 32.2. The molecule has 1 unspecified atom stereocenters. The minimum absolute atomic E-state index is 0.0224. The van der Waals surface area contributed by atoms with Gasteiger partial charge in [0.2, 0.25) is 15.9 Å². The Morgan fingerprint density at radius 3 is 2.03 bits per heavy atom. The standard InChI is InChI=1S/C29H49N5O4S/c1-22-18-27(35)19-23(2)29(22)39(37,38)31(5)12-11-28(36)34-17-10-26(21-34)33-15-8-25(9-16-33)32-13-6-24(7-14-32)20-30(3)4/h18-19,24-26,35H,6-17,20-21H2,1-5H3. The highest BCUT2D eigenvalue weighted by molar-refractivity contribution is 7.89. The molecule has 1 aromatic rings. The van der Waals surface area contributed by atoms with Crippen LogP contribution in [0.4, 0.5) is 0 Å². The fourth-order valence-electron chi connectivity index (χ4n) is 6.92. The summed E-state index contributed by atoms with van der Waals surface area (Å²) in [5.74, 6) is 0.906. The summed E-state index contributed by atoms with van der Waals surface area (Å²) in [5, 5.41) is 9.78. The van der Waals surface area contributed by atoms with Crippen molar-refractivity contribution in [2.45, 2.75) is 69.4 Å². The fourth-order valence-corrected chi connectivity index (χ4v) is 8.50. The molecule has 0 bridgehead atoms. The van der Waals surface area contributed by atoms with Gasteiger partial charge in [-0.3, -0.25) is 9.69 Å². The lowest BCUT2D eigenvalue weighted by Gasteiger charge is -2.43. The van der Waals surface area contributed by atoms with Crippen molar-refractivity contribution in [2.75, 3.05) is 73.5 Å². The first-order valence-electron chi connectivity index (χ1n) is 14.6. The maximum absolute atomic E-state index is 13.2. The number of phenolic OH excluding ortho intramolecular Hbond substituents is 1. The first kappa shape index (κ1) is 30.2. The lowest BCUT2D eigenvalue weighted by Crippen LogP contribution is -2.51. The van der Waals surface area contributed by atoms with Crippen molar-refractivity contribution in [3.63, 3.8) is 0 Å². The van der Waals surface area contributed by atoms with E-state index in [-0.39, 0.29) is 29.5 Å². The van der Waals surface area contributed by atoms with Crippen molar-refractivity contribution in [1.29, 1.82) is 0 Å². The van der Waals surface area contributed by atoms with Crippen LogP contribution in [0.15, 0.2) is 17.0 Å². The molecule has 1 N–H and O–H groups in total. The van der Waals surface area contributed by atoms with Crippen LogP contribution in [0.25, 0.3) is 0 Å². The number of hydrogen-bond donors (Lipinski definition) is 1. The van der Waals surface area contributed by atoms with Crippen LogP contribution in [-0.2, 0) is 14.8 Å². The highest BCUT2D eigenvalue weighted by Gasteiger charge is 2.35. The Hall–Kier alpha value is -1.72. The molecule has 10 heteroatoms. The second-order valence-electron chi connectivity index (χ2n) is 12.3. The van der Waals surface area contributed by atoms with Crippen molar-refractivity contribution in [2.24, 2.45) is 5.92 Å². The molecule has 3 fully saturated rings. The van der Waals surface area contributed by atoms with Gasteiger partial charge in [-0.15, -0.1) is 0 Å². The number of phenols is 1. The van der Waals surface area contributed by atoms with E-state index in [1.165, 1.54) is 68.8 Å². The van der Waals surface area contributed by atoms with Crippen molar-refractivity contribution in [3.05, 3.63) is 23.3 Å². The van der Waals surface area contributed by atoms with Gasteiger partial charge in [-0.2, -0.15) is 0 Å². The van der Waals surface area contributed by atoms with Gasteiger partial charge in [-0.1, -0.05) is 0 Å². The number of carbonyl (C=O) groups is 1. The Bertz CT molecular complexity index is 1070. The third-order valence-electron chi connectivity index (χ3n) is 9.07. The van der Waals surface area contributed by atoms with Gasteiger partial charge < -0.3 is 19.8 Å². The minimum atomic E-state index is -3.75. The molecule has 3 aliphatic rings. The van der Waals surface area contributed by atoms with Gasteiger partial charge in [-0.25, -0.2) is 12.7 Å². The highest BCUT2D eigenvalue weighted by Crippen LogP contribution is 2.29. The molecule has 3 aliphatic heterocycles. The predicted octanol–water partition coefficient (Wildman–Crippen LogP) is 2.36. The maximum Gasteiger partial charge on any atom is 0.243 e. The van der Waals surface area contributed by atoms with Gasteiger partial charge >= 0.3 is 0 Å². The molecule has 0 saturated carbocycles. The summed E-state index contributed by atoms with van der Waals surface area (Å²) in [7, 11) is 2.11. The van der Waals surface area contributed by atoms with Crippen LogP contribution in [-0.4, -0.2) is 129 Å². The maximum atomic E-state index is 13.2. The zero-order valence-corrected chi connectivity index (χ0v) is 25.4. The summed E-state index contributed by atoms with van der Waals surface area (Å²) >= 11 is 0. The Morgan fingerprint density at radius 1 is 0.897 bits per heavy atom. The van der Waals surface area contributed by atoms with E-state index in [4.69, 9.17) is 0 Å². The Kier molecular flexibility index (Phi) is 9.96. The SMILES string of the molecule is Cc1cc(O)cc(C)c1S(=O)(=O)N(C)CCC(=O)N1CCC(N2CCC(N3CCC(CN(C)C)CC3)CC2)C1. The second kappa shape index (κ2) is 12.9. The first-order chi connectivity index (χ1) is 18.5. The average molecular weight is 564 g/mol. The van der Waals surface area contributed by atoms with Gasteiger partial charge in [0.05, 0.1) is 4.90 Å². The van der Waals surface area contributed by atoms with Crippen LogP contribution in [0.1, 0.15) is 49.7 Å². The van der Waals surface area contributed by atoms with Crippen LogP contribution in [0.3, 0.4) is 0 Å². The number of amides is 1. The summed E-state index contributed by atoms with van der Waals surface area (Å²) in [6, 6.07) is 4.02. The van der Waals surface area contributed by atoms with Gasteiger partial charge in [0.1, 0.15) is 5.75 Å². The van der Waals surface area contributed by atoms with E-state index in [1.54, 1.807) is 13.8 Å². The monoisotopic (exact) mass is 563 g/mol. The number of piperidine rings is 2. The first-order valence-corrected chi connectivity index (χ1v) is 16.1. The number of benzene rings is 1. The van der Waals surface area contributed by atoms with Crippen LogP contribution >= 0.6 is 0 Å². The van der Waals surface area contributed by atoms with E-state index in [2.05, 4.69) is 28.8 Å². The van der Waals surface area contributed by atoms with Crippen LogP contribution in [0.2, 0.25) is 0 Å². The van der Waals surface area contributed by atoms with Gasteiger partial charge in [0.25, 0.3) is 0 Å². The Balaban J connectivity index is 1.21. The number of likely N-dealkylation sites (tertiary alicyclic amines) is 3. The lowest BCUT2D eigenvalue weighted by atomic mass is 9.93. The van der Waals surface area contributed by atoms with Gasteiger partial charge in [0.15, 0.2) is 0 Å². The molecule has 0 aliphatic carbocycles. The molecule has 3 heterocycles. The molecule has 1 amide bonds. The summed E-state index contributed by atoms with van der Waals surface area (Å²) < 4.78 is 27.6. The Morgan fingerprint density at radius 2 is 1.44 bits per heavy atom. The third-order valence-corrected chi connectivity index (χ3v) is 11.2. The van der Waals surface area contributed by atoms with Crippen molar-refractivity contribution in [3.8, 4) is 5.75 Å². The van der Waals surface area contributed by atoms with Crippen molar-refractivity contribution in [1.82, 2.24) is 23.9 Å². The second-order valence-corrected chi connectivity index (χ2v) is 14.3. The summed E-state index contributed by atoms with van der Waals surface area (Å²) in [6.45, 7) is 10.8. The molecule has 39 heavy (non-hydrogen) atoms. The largest absolute Gasteiger partial charge is 0.508 e. The number of nitrogens with zero attached hydrogens (tertiary/aromatic N) is 5. The zero-order valence-electron chi connectivity index (χ0n) is 24.6. The summed E-state index contributed by atoms with van der Waals surface area (Å²) in [4.78, 5) is 22.8. The molecule has 0 radical (unpaired) electrons. The molecular weight excluding hydrogens is 514 g/mol. The molecule has 220 valence electrons. The van der Waals surface area contributed by atoms with E-state index in [0.29, 0.717) is 23.2 Å². The van der Waals surface area contributed by atoms with E-state index in [1.807, 2.05) is 4.90 Å². The molecule has 4 rings (SSSR count). The molecule has 3 saturated heterocycles. The van der Waals surface area contributed by atoms with Crippen LogP contribution < -0.4 is 0 Å². The normalized spacial score (nSPS) is 22.8. The van der Waals surface area contributed by atoms with E-state index in [9.17, 15) is 18.3 Å².